The molecule has 2 atom stereocenters. The Bertz CT molecular complexity index is 345. The van der Waals surface area contributed by atoms with E-state index in [0.717, 1.165) is 39.3 Å². The van der Waals surface area contributed by atoms with Gasteiger partial charge in [0.2, 0.25) is 0 Å². The van der Waals surface area contributed by atoms with Crippen LogP contribution in [0, 0.1) is 10.8 Å². The molecule has 3 N–H and O–H groups in total. The number of hydrogen-bond acceptors (Lipinski definition) is 6. The normalized spacial score (nSPS) is 22.9. The SMILES string of the molecule is CC(C)(C)C(O)CN1CCN(CO)CCN(CC(O)C(C)(C)C)CC1. The van der Waals surface area contributed by atoms with Crippen LogP contribution >= 0.6 is 0 Å². The van der Waals surface area contributed by atoms with Crippen LogP contribution in [0.3, 0.4) is 0 Å². The molecule has 0 spiro atoms. The van der Waals surface area contributed by atoms with Crippen LogP contribution in [0.5, 0.6) is 0 Å². The van der Waals surface area contributed by atoms with Crippen molar-refractivity contribution in [1.82, 2.24) is 14.7 Å². The highest BCUT2D eigenvalue weighted by Crippen LogP contribution is 2.21. The molecule has 6 nitrogen and oxygen atoms in total. The predicted octanol–water partition coefficient (Wildman–Crippen LogP) is 0.670. The molecule has 0 amide bonds. The fraction of sp³-hybridized carbons (Fsp3) is 1.00. The van der Waals surface area contributed by atoms with Gasteiger partial charge in [-0.1, -0.05) is 41.5 Å². The molecular formula is C19H41N3O3. The molecule has 0 aliphatic carbocycles. The molecule has 1 rings (SSSR count). The van der Waals surface area contributed by atoms with Crippen LogP contribution in [-0.2, 0) is 0 Å². The summed E-state index contributed by atoms with van der Waals surface area (Å²) in [6.45, 7) is 18.6. The van der Waals surface area contributed by atoms with Gasteiger partial charge in [0.05, 0.1) is 18.9 Å². The molecule has 0 radical (unpaired) electrons. The molecule has 1 aliphatic rings. The Hall–Kier alpha value is -0.240. The topological polar surface area (TPSA) is 70.4 Å². The summed E-state index contributed by atoms with van der Waals surface area (Å²) in [7, 11) is 0. The zero-order valence-corrected chi connectivity index (χ0v) is 17.2. The van der Waals surface area contributed by atoms with Crippen LogP contribution in [0.4, 0.5) is 0 Å². The monoisotopic (exact) mass is 359 g/mol. The van der Waals surface area contributed by atoms with Gasteiger partial charge >= 0.3 is 0 Å². The second-order valence-corrected chi connectivity index (χ2v) is 9.62. The summed E-state index contributed by atoms with van der Waals surface area (Å²) in [5, 5.41) is 30.5. The van der Waals surface area contributed by atoms with Gasteiger partial charge in [0.25, 0.3) is 0 Å². The highest BCUT2D eigenvalue weighted by atomic mass is 16.3. The summed E-state index contributed by atoms with van der Waals surface area (Å²) >= 11 is 0. The smallest absolute Gasteiger partial charge is 0.0957 e. The number of β-amino-alcohol motifs (C(OH)–C–C–N with tert-alkyl or cyclic N) is 2. The Labute approximate surface area is 154 Å². The molecule has 0 bridgehead atoms. The average Bonchev–Trinajstić information content (AvgIpc) is 2.57. The van der Waals surface area contributed by atoms with E-state index < -0.39 is 0 Å². The molecule has 1 aliphatic heterocycles. The number of aliphatic hydroxyl groups is 3. The van der Waals surface area contributed by atoms with E-state index in [0.29, 0.717) is 13.1 Å². The van der Waals surface area contributed by atoms with Crippen LogP contribution < -0.4 is 0 Å². The number of aliphatic hydroxyl groups excluding tert-OH is 3. The third-order valence-corrected chi connectivity index (χ3v) is 5.26. The van der Waals surface area contributed by atoms with E-state index in [9.17, 15) is 15.3 Å². The lowest BCUT2D eigenvalue weighted by atomic mass is 9.88. The van der Waals surface area contributed by atoms with Crippen LogP contribution in [0.2, 0.25) is 0 Å². The lowest BCUT2D eigenvalue weighted by Crippen LogP contribution is -2.45. The summed E-state index contributed by atoms with van der Waals surface area (Å²) in [5.41, 5.74) is -0.283. The molecule has 0 aromatic heterocycles. The van der Waals surface area contributed by atoms with Gasteiger partial charge < -0.3 is 15.3 Å². The molecule has 150 valence electrons. The van der Waals surface area contributed by atoms with E-state index in [2.05, 4.69) is 51.3 Å². The molecule has 0 saturated carbocycles. The molecule has 25 heavy (non-hydrogen) atoms. The van der Waals surface area contributed by atoms with Crippen LogP contribution in [0.1, 0.15) is 41.5 Å². The zero-order valence-electron chi connectivity index (χ0n) is 17.2. The van der Waals surface area contributed by atoms with E-state index in [-0.39, 0.29) is 29.8 Å². The van der Waals surface area contributed by atoms with Gasteiger partial charge in [-0.15, -0.1) is 0 Å². The molecule has 6 heteroatoms. The van der Waals surface area contributed by atoms with Crippen LogP contribution in [-0.4, -0.2) is 101 Å². The molecule has 1 heterocycles. The minimum Gasteiger partial charge on any atom is -0.391 e. The van der Waals surface area contributed by atoms with Crippen molar-refractivity contribution in [2.75, 3.05) is 59.1 Å². The molecule has 1 fully saturated rings. The Morgan fingerprint density at radius 1 is 0.640 bits per heavy atom. The van der Waals surface area contributed by atoms with E-state index in [4.69, 9.17) is 0 Å². The third-order valence-electron chi connectivity index (χ3n) is 5.26. The average molecular weight is 360 g/mol. The minimum atomic E-state index is -0.385. The first kappa shape index (κ1) is 22.8. The van der Waals surface area contributed by atoms with Gasteiger partial charge in [0, 0.05) is 52.4 Å². The maximum absolute atomic E-state index is 10.5. The van der Waals surface area contributed by atoms with Crippen LogP contribution in [0.25, 0.3) is 0 Å². The highest BCUT2D eigenvalue weighted by Gasteiger charge is 2.27. The fourth-order valence-electron chi connectivity index (χ4n) is 2.73. The zero-order chi connectivity index (χ0) is 19.3. The molecule has 0 aromatic carbocycles. The van der Waals surface area contributed by atoms with Gasteiger partial charge in [-0.25, -0.2) is 0 Å². The second-order valence-electron chi connectivity index (χ2n) is 9.62. The van der Waals surface area contributed by atoms with Crippen molar-refractivity contribution in [2.24, 2.45) is 10.8 Å². The summed E-state index contributed by atoms with van der Waals surface area (Å²) in [4.78, 5) is 6.58. The third kappa shape index (κ3) is 8.33. The van der Waals surface area contributed by atoms with E-state index >= 15 is 0 Å². The lowest BCUT2D eigenvalue weighted by Gasteiger charge is -2.34. The van der Waals surface area contributed by atoms with Crippen molar-refractivity contribution in [3.63, 3.8) is 0 Å². The molecular weight excluding hydrogens is 318 g/mol. The summed E-state index contributed by atoms with van der Waals surface area (Å²) in [6.07, 6.45) is -0.770. The molecule has 2 unspecified atom stereocenters. The van der Waals surface area contributed by atoms with E-state index in [1.54, 1.807) is 0 Å². The van der Waals surface area contributed by atoms with Gasteiger partial charge in [-0.3, -0.25) is 14.7 Å². The van der Waals surface area contributed by atoms with Crippen LogP contribution in [0.15, 0.2) is 0 Å². The van der Waals surface area contributed by atoms with Gasteiger partial charge in [0.15, 0.2) is 0 Å². The number of rotatable bonds is 5. The van der Waals surface area contributed by atoms with E-state index in [1.165, 1.54) is 0 Å². The van der Waals surface area contributed by atoms with Crippen molar-refractivity contribution < 1.29 is 15.3 Å². The minimum absolute atomic E-state index is 0.0470. The fourth-order valence-corrected chi connectivity index (χ4v) is 2.73. The second kappa shape index (κ2) is 9.62. The quantitative estimate of drug-likeness (QED) is 0.670. The van der Waals surface area contributed by atoms with Crippen molar-refractivity contribution >= 4 is 0 Å². The lowest BCUT2D eigenvalue weighted by molar-refractivity contribution is 0.0161. The Morgan fingerprint density at radius 3 is 1.16 bits per heavy atom. The highest BCUT2D eigenvalue weighted by molar-refractivity contribution is 4.81. The standard InChI is InChI=1S/C19H41N3O3/c1-18(2,3)16(24)13-20-7-8-21(14-17(25)19(4,5)6)10-12-22(15-23)11-9-20/h16-17,23-25H,7-15H2,1-6H3. The largest absolute Gasteiger partial charge is 0.391 e. The predicted molar refractivity (Wildman–Crippen MR) is 102 cm³/mol. The summed E-state index contributed by atoms with van der Waals surface area (Å²) < 4.78 is 0. The number of hydrogen-bond donors (Lipinski definition) is 3. The van der Waals surface area contributed by atoms with Gasteiger partial charge in [-0.2, -0.15) is 0 Å². The summed E-state index contributed by atoms with van der Waals surface area (Å²) in [6, 6.07) is 0. The first-order chi connectivity index (χ1) is 11.4. The van der Waals surface area contributed by atoms with Crippen molar-refractivity contribution in [2.45, 2.75) is 53.8 Å². The Morgan fingerprint density at radius 2 is 0.920 bits per heavy atom. The van der Waals surface area contributed by atoms with Crippen molar-refractivity contribution in [3.05, 3.63) is 0 Å². The first-order valence-electron chi connectivity index (χ1n) is 9.57. The maximum Gasteiger partial charge on any atom is 0.0957 e. The number of nitrogens with zero attached hydrogens (tertiary/aromatic N) is 3. The van der Waals surface area contributed by atoms with Gasteiger partial charge in [-0.05, 0) is 10.8 Å². The molecule has 1 saturated heterocycles. The Kier molecular flexibility index (Phi) is 8.78. The van der Waals surface area contributed by atoms with Crippen molar-refractivity contribution in [3.8, 4) is 0 Å². The summed E-state index contributed by atoms with van der Waals surface area (Å²) in [5.74, 6) is 0. The molecule has 0 aromatic rings. The maximum atomic E-state index is 10.5. The van der Waals surface area contributed by atoms with E-state index in [1.807, 2.05) is 4.90 Å². The first-order valence-corrected chi connectivity index (χ1v) is 9.57. The van der Waals surface area contributed by atoms with Gasteiger partial charge in [0.1, 0.15) is 0 Å². The van der Waals surface area contributed by atoms with Crippen molar-refractivity contribution in [1.29, 1.82) is 0 Å². The Balaban J connectivity index is 2.72.